The van der Waals surface area contributed by atoms with Gasteiger partial charge in [-0.2, -0.15) is 14.9 Å². The van der Waals surface area contributed by atoms with Crippen molar-refractivity contribution in [2.24, 2.45) is 5.10 Å². The zero-order valence-corrected chi connectivity index (χ0v) is 17.9. The molecule has 0 aliphatic carbocycles. The molecule has 8 nitrogen and oxygen atoms in total. The molecule has 0 saturated heterocycles. The lowest BCUT2D eigenvalue weighted by molar-refractivity contribution is 0.324. The molecule has 158 valence electrons. The third-order valence-corrected chi connectivity index (χ3v) is 5.09. The van der Waals surface area contributed by atoms with E-state index in [0.717, 1.165) is 10.8 Å². The summed E-state index contributed by atoms with van der Waals surface area (Å²) < 4.78 is 18.0. The van der Waals surface area contributed by atoms with Gasteiger partial charge in [0.15, 0.2) is 17.3 Å². The van der Waals surface area contributed by atoms with Crippen LogP contribution in [0, 0.1) is 4.77 Å². The van der Waals surface area contributed by atoms with Crippen LogP contribution in [0.2, 0.25) is 0 Å². The van der Waals surface area contributed by atoms with E-state index in [4.69, 9.17) is 26.4 Å². The molecule has 0 radical (unpaired) electrons. The van der Waals surface area contributed by atoms with E-state index in [2.05, 4.69) is 15.3 Å². The van der Waals surface area contributed by atoms with Crippen molar-refractivity contribution < 1.29 is 19.3 Å². The second-order valence-electron chi connectivity index (χ2n) is 6.54. The fourth-order valence-electron chi connectivity index (χ4n) is 3.33. The summed E-state index contributed by atoms with van der Waals surface area (Å²) in [4.78, 5) is 0. The molecule has 1 heterocycles. The quantitative estimate of drug-likeness (QED) is 0.344. The molecule has 2 N–H and O–H groups in total. The van der Waals surface area contributed by atoms with Gasteiger partial charge in [-0.15, -0.1) is 0 Å². The monoisotopic (exact) mass is 436 g/mol. The van der Waals surface area contributed by atoms with E-state index in [1.54, 1.807) is 38.6 Å². The van der Waals surface area contributed by atoms with E-state index in [9.17, 15) is 5.11 Å². The molecule has 4 aromatic rings. The molecule has 3 aromatic carbocycles. The molecular formula is C22H20N4O4S. The number of aromatic nitrogens is 3. The van der Waals surface area contributed by atoms with Gasteiger partial charge in [0.25, 0.3) is 0 Å². The Morgan fingerprint density at radius 1 is 1.03 bits per heavy atom. The molecule has 0 aliphatic rings. The number of benzene rings is 3. The maximum atomic E-state index is 10.4. The molecule has 0 saturated carbocycles. The maximum absolute atomic E-state index is 10.4. The van der Waals surface area contributed by atoms with E-state index in [-0.39, 0.29) is 5.75 Å². The number of fused-ring (bicyclic) bond motifs is 1. The number of nitrogens with one attached hydrogen (secondary N) is 1. The zero-order chi connectivity index (χ0) is 22.0. The summed E-state index contributed by atoms with van der Waals surface area (Å²) in [5, 5.41) is 23.8. The molecule has 0 aliphatic heterocycles. The number of methoxy groups -OCH3 is 3. The summed E-state index contributed by atoms with van der Waals surface area (Å²) in [5.74, 6) is 1.99. The highest BCUT2D eigenvalue weighted by Crippen LogP contribution is 2.40. The molecule has 31 heavy (non-hydrogen) atoms. The summed E-state index contributed by atoms with van der Waals surface area (Å²) in [6.45, 7) is 0. The van der Waals surface area contributed by atoms with Crippen LogP contribution in [-0.2, 0) is 0 Å². The Labute approximate surface area is 183 Å². The van der Waals surface area contributed by atoms with Gasteiger partial charge in [-0.25, -0.2) is 5.10 Å². The number of phenolic OH excluding ortho intramolecular Hbond substituents is 1. The second-order valence-corrected chi connectivity index (χ2v) is 6.93. The second kappa shape index (κ2) is 8.49. The predicted molar refractivity (Wildman–Crippen MR) is 121 cm³/mol. The number of H-pyrrole nitrogens is 1. The van der Waals surface area contributed by atoms with Crippen molar-refractivity contribution in [3.05, 3.63) is 58.9 Å². The van der Waals surface area contributed by atoms with Gasteiger partial charge >= 0.3 is 0 Å². The Bertz CT molecular complexity index is 1320. The average Bonchev–Trinajstić information content (AvgIpc) is 3.17. The number of ether oxygens (including phenoxy) is 3. The number of nitrogens with zero attached hydrogens (tertiary/aromatic N) is 3. The molecule has 0 fully saturated rings. The van der Waals surface area contributed by atoms with Gasteiger partial charge in [-0.05, 0) is 41.2 Å². The molecule has 0 unspecified atom stereocenters. The van der Waals surface area contributed by atoms with Crippen LogP contribution in [-0.4, -0.2) is 47.5 Å². The molecule has 0 spiro atoms. The molecule has 0 amide bonds. The summed E-state index contributed by atoms with van der Waals surface area (Å²) in [5.41, 5.74) is 1.23. The number of hydrogen-bond acceptors (Lipinski definition) is 7. The van der Waals surface area contributed by atoms with E-state index >= 15 is 0 Å². The van der Waals surface area contributed by atoms with Crippen LogP contribution in [0.1, 0.15) is 5.56 Å². The highest BCUT2D eigenvalue weighted by Gasteiger charge is 2.17. The summed E-state index contributed by atoms with van der Waals surface area (Å²) in [6, 6.07) is 14.7. The smallest absolute Gasteiger partial charge is 0.216 e. The third kappa shape index (κ3) is 3.71. The standard InChI is InChI=1S/C22H20N4O4S/c1-28-18-10-14(11-19(29-2)20(18)30-3)21-24-25-22(31)26(21)23-12-16-15-7-5-4-6-13(15)8-9-17(16)27/h4-12,27H,1-3H3,(H,25,31). The largest absolute Gasteiger partial charge is 0.507 e. The van der Waals surface area contributed by atoms with E-state index in [1.807, 2.05) is 30.3 Å². The SMILES string of the molecule is COc1cc(-c2n[nH]c(=S)n2N=Cc2c(O)ccc3ccccc23)cc(OC)c1OC. The van der Waals surface area contributed by atoms with Crippen molar-refractivity contribution >= 4 is 29.2 Å². The minimum absolute atomic E-state index is 0.117. The van der Waals surface area contributed by atoms with Gasteiger partial charge in [-0.3, -0.25) is 0 Å². The van der Waals surface area contributed by atoms with Crippen LogP contribution < -0.4 is 14.2 Å². The van der Waals surface area contributed by atoms with Gasteiger partial charge in [0, 0.05) is 11.1 Å². The molecule has 0 atom stereocenters. The van der Waals surface area contributed by atoms with Crippen LogP contribution in [0.25, 0.3) is 22.2 Å². The van der Waals surface area contributed by atoms with Crippen LogP contribution in [0.4, 0.5) is 0 Å². The van der Waals surface area contributed by atoms with Crippen molar-refractivity contribution in [3.8, 4) is 34.4 Å². The van der Waals surface area contributed by atoms with Crippen LogP contribution in [0.15, 0.2) is 53.6 Å². The topological polar surface area (TPSA) is 93.9 Å². The molecule has 9 heteroatoms. The summed E-state index contributed by atoms with van der Waals surface area (Å²) >= 11 is 5.37. The van der Waals surface area contributed by atoms with Gasteiger partial charge in [0.2, 0.25) is 10.5 Å². The normalized spacial score (nSPS) is 11.2. The highest BCUT2D eigenvalue weighted by molar-refractivity contribution is 7.71. The molecule has 1 aromatic heterocycles. The summed E-state index contributed by atoms with van der Waals surface area (Å²) in [6.07, 6.45) is 1.56. The Morgan fingerprint density at radius 2 is 1.74 bits per heavy atom. The zero-order valence-electron chi connectivity index (χ0n) is 17.1. The van der Waals surface area contributed by atoms with Crippen LogP contribution in [0.5, 0.6) is 23.0 Å². The van der Waals surface area contributed by atoms with Crippen molar-refractivity contribution in [1.29, 1.82) is 0 Å². The number of hydrogen-bond donors (Lipinski definition) is 2. The predicted octanol–water partition coefficient (Wildman–Crippen LogP) is 4.37. The number of rotatable bonds is 6. The lowest BCUT2D eigenvalue weighted by atomic mass is 10.0. The van der Waals surface area contributed by atoms with Crippen molar-refractivity contribution in [2.45, 2.75) is 0 Å². The average molecular weight is 436 g/mol. The van der Waals surface area contributed by atoms with E-state index < -0.39 is 0 Å². The number of aromatic amines is 1. The van der Waals surface area contributed by atoms with Crippen molar-refractivity contribution in [1.82, 2.24) is 14.9 Å². The lowest BCUT2D eigenvalue weighted by Gasteiger charge is -2.13. The lowest BCUT2D eigenvalue weighted by Crippen LogP contribution is -1.99. The highest BCUT2D eigenvalue weighted by atomic mass is 32.1. The maximum Gasteiger partial charge on any atom is 0.216 e. The first-order chi connectivity index (χ1) is 15.1. The first-order valence-electron chi connectivity index (χ1n) is 9.30. The molecular weight excluding hydrogens is 416 g/mol. The first-order valence-corrected chi connectivity index (χ1v) is 9.71. The minimum atomic E-state index is 0.117. The molecule has 4 rings (SSSR count). The van der Waals surface area contributed by atoms with Crippen molar-refractivity contribution in [3.63, 3.8) is 0 Å². The van der Waals surface area contributed by atoms with Crippen LogP contribution >= 0.6 is 12.2 Å². The Kier molecular flexibility index (Phi) is 5.59. The van der Waals surface area contributed by atoms with E-state index in [0.29, 0.717) is 39.0 Å². The Balaban J connectivity index is 1.84. The minimum Gasteiger partial charge on any atom is -0.507 e. The van der Waals surface area contributed by atoms with Crippen molar-refractivity contribution in [2.75, 3.05) is 21.3 Å². The van der Waals surface area contributed by atoms with Gasteiger partial charge in [0.05, 0.1) is 27.5 Å². The van der Waals surface area contributed by atoms with E-state index in [1.165, 1.54) is 11.8 Å². The Hall–Kier alpha value is -3.85. The van der Waals surface area contributed by atoms with Crippen LogP contribution in [0.3, 0.4) is 0 Å². The molecule has 0 bridgehead atoms. The summed E-state index contributed by atoms with van der Waals surface area (Å²) in [7, 11) is 4.62. The third-order valence-electron chi connectivity index (χ3n) is 4.82. The number of aromatic hydroxyl groups is 1. The van der Waals surface area contributed by atoms with Gasteiger partial charge < -0.3 is 19.3 Å². The van der Waals surface area contributed by atoms with Gasteiger partial charge in [-0.1, -0.05) is 30.3 Å². The Morgan fingerprint density at radius 3 is 2.42 bits per heavy atom. The fourth-order valence-corrected chi connectivity index (χ4v) is 3.51. The first kappa shape index (κ1) is 20.4. The number of phenols is 1. The van der Waals surface area contributed by atoms with Gasteiger partial charge in [0.1, 0.15) is 5.75 Å². The fraction of sp³-hybridized carbons (Fsp3) is 0.136.